The summed E-state index contributed by atoms with van der Waals surface area (Å²) >= 11 is 1.19. The number of amides is 2. The summed E-state index contributed by atoms with van der Waals surface area (Å²) in [7, 11) is 0. The minimum Gasteiger partial charge on any atom is -0.355 e. The molecular formula is C20H26FN5O2S. The van der Waals surface area contributed by atoms with Crippen LogP contribution in [-0.2, 0) is 11.2 Å². The van der Waals surface area contributed by atoms with Crippen LogP contribution in [0.2, 0.25) is 0 Å². The van der Waals surface area contributed by atoms with Gasteiger partial charge in [-0.1, -0.05) is 23.8 Å². The summed E-state index contributed by atoms with van der Waals surface area (Å²) in [6.45, 7) is 3.85. The predicted octanol–water partition coefficient (Wildman–Crippen LogP) is 2.85. The summed E-state index contributed by atoms with van der Waals surface area (Å²) in [5, 5.41) is 14.4. The molecule has 0 unspecified atom stereocenters. The van der Waals surface area contributed by atoms with Gasteiger partial charge in [0.2, 0.25) is 10.9 Å². The van der Waals surface area contributed by atoms with Crippen molar-refractivity contribution in [3.63, 3.8) is 0 Å². The number of halogens is 1. The van der Waals surface area contributed by atoms with Crippen LogP contribution in [0.3, 0.4) is 0 Å². The van der Waals surface area contributed by atoms with Crippen LogP contribution >= 0.6 is 11.3 Å². The molecular weight excluding hydrogens is 393 g/mol. The molecule has 0 spiro atoms. The highest BCUT2D eigenvalue weighted by molar-refractivity contribution is 7.13. The molecule has 2 aromatic rings. The largest absolute Gasteiger partial charge is 0.355 e. The van der Waals surface area contributed by atoms with Gasteiger partial charge in [-0.25, -0.2) is 4.39 Å². The van der Waals surface area contributed by atoms with E-state index in [2.05, 4.69) is 25.7 Å². The number of hydrogen-bond donors (Lipinski definition) is 2. The summed E-state index contributed by atoms with van der Waals surface area (Å²) in [6, 6.07) is 5.67. The number of likely N-dealkylation sites (tertiary alicyclic amines) is 1. The number of rotatable bonds is 9. The fraction of sp³-hybridized carbons (Fsp3) is 0.500. The Morgan fingerprint density at radius 2 is 2.00 bits per heavy atom. The third-order valence-corrected chi connectivity index (χ3v) is 5.72. The monoisotopic (exact) mass is 419 g/mol. The van der Waals surface area contributed by atoms with Crippen molar-refractivity contribution in [3.05, 3.63) is 40.1 Å². The minimum atomic E-state index is -0.421. The van der Waals surface area contributed by atoms with Gasteiger partial charge in [0.05, 0.1) is 0 Å². The molecule has 1 aliphatic heterocycles. The third kappa shape index (κ3) is 7.17. The lowest BCUT2D eigenvalue weighted by atomic mass is 10.1. The number of aryl methyl sites for hydroxylation is 1. The van der Waals surface area contributed by atoms with Crippen molar-refractivity contribution in [2.24, 2.45) is 0 Å². The van der Waals surface area contributed by atoms with Crippen molar-refractivity contribution < 1.29 is 14.0 Å². The standard InChI is InChI=1S/C20H26FN5O2S/c21-15-6-4-7-16(14-15)23-19(28)20-25-24-18(29-20)9-5-8-17(27)22-10-13-26-11-2-1-3-12-26/h4,6-7,14H,1-3,5,8-13H2,(H,22,27)(H,23,28). The molecule has 3 rings (SSSR count). The second-order valence-corrected chi connectivity index (χ2v) is 8.13. The van der Waals surface area contributed by atoms with Gasteiger partial charge in [0.1, 0.15) is 10.8 Å². The number of hydrogen-bond acceptors (Lipinski definition) is 6. The van der Waals surface area contributed by atoms with Gasteiger partial charge in [0.15, 0.2) is 0 Å². The minimum absolute atomic E-state index is 0.0376. The smallest absolute Gasteiger partial charge is 0.286 e. The highest BCUT2D eigenvalue weighted by atomic mass is 32.1. The Hall–Kier alpha value is -2.39. The van der Waals surface area contributed by atoms with Crippen molar-refractivity contribution in [2.75, 3.05) is 31.5 Å². The summed E-state index contributed by atoms with van der Waals surface area (Å²) in [6.07, 6.45) is 5.46. The third-order valence-electron chi connectivity index (χ3n) is 4.74. The SMILES string of the molecule is O=C(CCCc1nnc(C(=O)Nc2cccc(F)c2)s1)NCCN1CCCCC1. The Bertz CT molecular complexity index is 823. The molecule has 1 fully saturated rings. The first-order valence-electron chi connectivity index (χ1n) is 9.98. The maximum Gasteiger partial charge on any atom is 0.286 e. The molecule has 0 bridgehead atoms. The van der Waals surface area contributed by atoms with Crippen LogP contribution in [0.25, 0.3) is 0 Å². The number of nitrogens with zero attached hydrogens (tertiary/aromatic N) is 3. The topological polar surface area (TPSA) is 87.2 Å². The Kier molecular flexibility index (Phi) is 8.06. The second-order valence-electron chi connectivity index (χ2n) is 7.07. The molecule has 0 saturated carbocycles. The van der Waals surface area contributed by atoms with Crippen LogP contribution in [0.1, 0.15) is 46.9 Å². The number of piperidine rings is 1. The van der Waals surface area contributed by atoms with Crippen LogP contribution in [0.15, 0.2) is 24.3 Å². The number of carbonyl (C=O) groups excluding carboxylic acids is 2. The Labute approximate surface area is 173 Å². The molecule has 2 N–H and O–H groups in total. The molecule has 2 amide bonds. The zero-order valence-electron chi connectivity index (χ0n) is 16.3. The molecule has 2 heterocycles. The van der Waals surface area contributed by atoms with Crippen LogP contribution in [0.4, 0.5) is 10.1 Å². The van der Waals surface area contributed by atoms with E-state index in [1.54, 1.807) is 6.07 Å². The number of anilines is 1. The van der Waals surface area contributed by atoms with Gasteiger partial charge in [-0.05, 0) is 50.6 Å². The fourth-order valence-corrected chi connectivity index (χ4v) is 4.00. The normalized spacial score (nSPS) is 14.5. The summed E-state index contributed by atoms with van der Waals surface area (Å²) in [5.74, 6) is -0.805. The van der Waals surface area contributed by atoms with Gasteiger partial charge in [0.25, 0.3) is 5.91 Å². The summed E-state index contributed by atoms with van der Waals surface area (Å²) in [4.78, 5) is 26.5. The zero-order valence-corrected chi connectivity index (χ0v) is 17.1. The molecule has 156 valence electrons. The molecule has 0 atom stereocenters. The van der Waals surface area contributed by atoms with Crippen LogP contribution in [0, 0.1) is 5.82 Å². The van der Waals surface area contributed by atoms with E-state index in [0.717, 1.165) is 19.6 Å². The number of benzene rings is 1. The van der Waals surface area contributed by atoms with Gasteiger partial charge in [-0.2, -0.15) is 0 Å². The highest BCUT2D eigenvalue weighted by Crippen LogP contribution is 2.16. The van der Waals surface area contributed by atoms with Crippen molar-refractivity contribution in [2.45, 2.75) is 38.5 Å². The van der Waals surface area contributed by atoms with Crippen molar-refractivity contribution >= 4 is 28.8 Å². The van der Waals surface area contributed by atoms with Crippen molar-refractivity contribution in [1.29, 1.82) is 0 Å². The van der Waals surface area contributed by atoms with E-state index in [9.17, 15) is 14.0 Å². The summed E-state index contributed by atoms with van der Waals surface area (Å²) in [5.41, 5.74) is 0.368. The molecule has 1 aliphatic rings. The zero-order chi connectivity index (χ0) is 20.5. The van der Waals surface area contributed by atoms with E-state index in [1.165, 1.54) is 48.8 Å². The first-order chi connectivity index (χ1) is 14.1. The number of aromatic nitrogens is 2. The highest BCUT2D eigenvalue weighted by Gasteiger charge is 2.14. The maximum atomic E-state index is 13.2. The molecule has 1 saturated heterocycles. The molecule has 0 radical (unpaired) electrons. The lowest BCUT2D eigenvalue weighted by molar-refractivity contribution is -0.121. The predicted molar refractivity (Wildman–Crippen MR) is 111 cm³/mol. The second kappa shape index (κ2) is 11.0. The van der Waals surface area contributed by atoms with Gasteiger partial charge in [-0.3, -0.25) is 9.59 Å². The number of nitrogens with one attached hydrogen (secondary N) is 2. The lowest BCUT2D eigenvalue weighted by Gasteiger charge is -2.26. The van der Waals surface area contributed by atoms with Crippen LogP contribution in [0.5, 0.6) is 0 Å². The van der Waals surface area contributed by atoms with Gasteiger partial charge in [0, 0.05) is 31.6 Å². The van der Waals surface area contributed by atoms with Crippen molar-refractivity contribution in [1.82, 2.24) is 20.4 Å². The van der Waals surface area contributed by atoms with E-state index in [-0.39, 0.29) is 10.9 Å². The quantitative estimate of drug-likeness (QED) is 0.653. The molecule has 1 aromatic carbocycles. The molecule has 0 aliphatic carbocycles. The summed E-state index contributed by atoms with van der Waals surface area (Å²) < 4.78 is 13.2. The van der Waals surface area contributed by atoms with E-state index in [4.69, 9.17) is 0 Å². The Morgan fingerprint density at radius 1 is 1.17 bits per heavy atom. The number of carbonyl (C=O) groups is 2. The lowest BCUT2D eigenvalue weighted by Crippen LogP contribution is -2.37. The first kappa shape index (κ1) is 21.3. The Morgan fingerprint density at radius 3 is 2.79 bits per heavy atom. The first-order valence-corrected chi connectivity index (χ1v) is 10.8. The maximum absolute atomic E-state index is 13.2. The van der Waals surface area contributed by atoms with Gasteiger partial charge in [-0.15, -0.1) is 10.2 Å². The van der Waals surface area contributed by atoms with E-state index < -0.39 is 11.7 Å². The molecule has 9 heteroatoms. The molecule has 29 heavy (non-hydrogen) atoms. The van der Waals surface area contributed by atoms with E-state index >= 15 is 0 Å². The Balaban J connectivity index is 1.34. The van der Waals surface area contributed by atoms with Crippen molar-refractivity contribution in [3.8, 4) is 0 Å². The molecule has 7 nitrogen and oxygen atoms in total. The van der Waals surface area contributed by atoms with E-state index in [0.29, 0.717) is 36.5 Å². The van der Waals surface area contributed by atoms with Crippen LogP contribution in [-0.4, -0.2) is 53.1 Å². The van der Waals surface area contributed by atoms with Gasteiger partial charge < -0.3 is 15.5 Å². The average Bonchev–Trinajstić information content (AvgIpc) is 3.18. The van der Waals surface area contributed by atoms with E-state index in [1.807, 2.05) is 0 Å². The molecule has 1 aromatic heterocycles. The van der Waals surface area contributed by atoms with Crippen LogP contribution < -0.4 is 10.6 Å². The average molecular weight is 420 g/mol. The fourth-order valence-electron chi connectivity index (χ4n) is 3.22. The van der Waals surface area contributed by atoms with Gasteiger partial charge >= 0.3 is 0 Å².